The fourth-order valence-corrected chi connectivity index (χ4v) is 2.38. The Hall–Kier alpha value is -3.34. The van der Waals surface area contributed by atoms with Crippen molar-refractivity contribution in [2.75, 3.05) is 13.7 Å². The molecular formula is C20H16O5. The maximum absolute atomic E-state index is 12.1. The van der Waals surface area contributed by atoms with Crippen molar-refractivity contribution in [3.63, 3.8) is 0 Å². The quantitative estimate of drug-likeness (QED) is 0.526. The summed E-state index contributed by atoms with van der Waals surface area (Å²) < 4.78 is 15.5. The normalized spacial score (nSPS) is 10.3. The van der Waals surface area contributed by atoms with E-state index in [1.54, 1.807) is 36.4 Å². The zero-order valence-electron chi connectivity index (χ0n) is 13.6. The van der Waals surface area contributed by atoms with Gasteiger partial charge < -0.3 is 14.2 Å². The van der Waals surface area contributed by atoms with Crippen molar-refractivity contribution in [1.82, 2.24) is 0 Å². The lowest BCUT2D eigenvalue weighted by molar-refractivity contribution is -0.136. The van der Waals surface area contributed by atoms with Gasteiger partial charge in [-0.25, -0.2) is 9.59 Å². The second-order valence-corrected chi connectivity index (χ2v) is 5.26. The molecule has 0 aromatic heterocycles. The zero-order chi connectivity index (χ0) is 17.6. The summed E-state index contributed by atoms with van der Waals surface area (Å²) >= 11 is 0. The van der Waals surface area contributed by atoms with Gasteiger partial charge in [-0.15, -0.1) is 0 Å². The van der Waals surface area contributed by atoms with Gasteiger partial charge in [-0.3, -0.25) is 0 Å². The van der Waals surface area contributed by atoms with Crippen LogP contribution in [0.5, 0.6) is 11.5 Å². The minimum atomic E-state index is -0.607. The Morgan fingerprint density at radius 3 is 2.20 bits per heavy atom. The molecule has 3 aromatic carbocycles. The number of methoxy groups -OCH3 is 1. The van der Waals surface area contributed by atoms with Crippen LogP contribution in [0, 0.1) is 0 Å². The Morgan fingerprint density at radius 2 is 1.52 bits per heavy atom. The first kappa shape index (κ1) is 16.5. The summed E-state index contributed by atoms with van der Waals surface area (Å²) in [5.74, 6) is -0.472. The fourth-order valence-electron chi connectivity index (χ4n) is 2.38. The first-order chi connectivity index (χ1) is 12.2. The van der Waals surface area contributed by atoms with Gasteiger partial charge in [0.25, 0.3) is 0 Å². The lowest BCUT2D eigenvalue weighted by Crippen LogP contribution is -2.19. The first-order valence-electron chi connectivity index (χ1n) is 7.67. The number of hydrogen-bond donors (Lipinski definition) is 0. The van der Waals surface area contributed by atoms with Crippen LogP contribution in [0.25, 0.3) is 10.8 Å². The van der Waals surface area contributed by atoms with E-state index in [9.17, 15) is 9.59 Å². The summed E-state index contributed by atoms with van der Waals surface area (Å²) in [5, 5.41) is 1.70. The monoisotopic (exact) mass is 336 g/mol. The molecule has 0 amide bonds. The number of carbonyl (C=O) groups excluding carboxylic acids is 2. The molecule has 0 aliphatic rings. The van der Waals surface area contributed by atoms with Crippen LogP contribution in [-0.2, 0) is 9.53 Å². The van der Waals surface area contributed by atoms with Crippen LogP contribution in [0.1, 0.15) is 10.4 Å². The van der Waals surface area contributed by atoms with E-state index in [0.717, 1.165) is 10.8 Å². The smallest absolute Gasteiger partial charge is 0.349 e. The van der Waals surface area contributed by atoms with Crippen LogP contribution in [0.2, 0.25) is 0 Å². The van der Waals surface area contributed by atoms with Gasteiger partial charge in [0.15, 0.2) is 6.61 Å². The van der Waals surface area contributed by atoms with Crippen LogP contribution in [0.3, 0.4) is 0 Å². The van der Waals surface area contributed by atoms with Crippen LogP contribution < -0.4 is 9.47 Å². The van der Waals surface area contributed by atoms with Crippen molar-refractivity contribution in [3.05, 3.63) is 72.3 Å². The third kappa shape index (κ3) is 3.95. The third-order valence-corrected chi connectivity index (χ3v) is 3.58. The molecule has 5 heteroatoms. The van der Waals surface area contributed by atoms with Crippen LogP contribution >= 0.6 is 0 Å². The van der Waals surface area contributed by atoms with E-state index in [0.29, 0.717) is 5.75 Å². The van der Waals surface area contributed by atoms with Gasteiger partial charge in [0, 0.05) is 0 Å². The topological polar surface area (TPSA) is 61.8 Å². The van der Waals surface area contributed by atoms with Gasteiger partial charge in [-0.1, -0.05) is 42.5 Å². The van der Waals surface area contributed by atoms with Crippen LogP contribution in [0.15, 0.2) is 66.7 Å². The minimum absolute atomic E-state index is 0.146. The average molecular weight is 336 g/mol. The van der Waals surface area contributed by atoms with Gasteiger partial charge in [-0.2, -0.15) is 0 Å². The maximum Gasteiger partial charge on any atom is 0.349 e. The Kier molecular flexibility index (Phi) is 4.95. The van der Waals surface area contributed by atoms with Gasteiger partial charge >= 0.3 is 11.9 Å². The Morgan fingerprint density at radius 1 is 0.880 bits per heavy atom. The molecule has 0 aliphatic carbocycles. The largest absolute Gasteiger partial charge is 0.482 e. The molecule has 0 fully saturated rings. The summed E-state index contributed by atoms with van der Waals surface area (Å²) in [7, 11) is 1.28. The number of rotatable bonds is 5. The molecule has 0 saturated heterocycles. The third-order valence-electron chi connectivity index (χ3n) is 3.58. The van der Waals surface area contributed by atoms with Gasteiger partial charge in [0.1, 0.15) is 17.1 Å². The minimum Gasteiger partial charge on any atom is -0.482 e. The van der Waals surface area contributed by atoms with E-state index in [1.807, 2.05) is 30.3 Å². The Bertz CT molecular complexity index is 902. The predicted molar refractivity (Wildman–Crippen MR) is 92.9 cm³/mol. The highest BCUT2D eigenvalue weighted by Crippen LogP contribution is 2.27. The predicted octanol–water partition coefficient (Wildman–Crippen LogP) is 3.61. The second-order valence-electron chi connectivity index (χ2n) is 5.26. The van der Waals surface area contributed by atoms with Gasteiger partial charge in [0.2, 0.25) is 0 Å². The fraction of sp³-hybridized carbons (Fsp3) is 0.100. The molecule has 0 radical (unpaired) electrons. The molecule has 0 unspecified atom stereocenters. The van der Waals surface area contributed by atoms with Crippen molar-refractivity contribution in [2.24, 2.45) is 0 Å². The van der Waals surface area contributed by atoms with E-state index in [-0.39, 0.29) is 17.9 Å². The van der Waals surface area contributed by atoms with Crippen LogP contribution in [0.4, 0.5) is 0 Å². The number of fused-ring (bicyclic) bond motifs is 1. The van der Waals surface area contributed by atoms with E-state index in [1.165, 1.54) is 7.11 Å². The number of ether oxygens (including phenoxy) is 3. The second kappa shape index (κ2) is 7.49. The molecule has 25 heavy (non-hydrogen) atoms. The number of carbonyl (C=O) groups is 2. The highest BCUT2D eigenvalue weighted by atomic mass is 16.6. The van der Waals surface area contributed by atoms with E-state index >= 15 is 0 Å². The Balaban J connectivity index is 1.81. The molecule has 126 valence electrons. The molecule has 0 aliphatic heterocycles. The van der Waals surface area contributed by atoms with Gasteiger partial charge in [0.05, 0.1) is 7.11 Å². The lowest BCUT2D eigenvalue weighted by Gasteiger charge is -2.11. The average Bonchev–Trinajstić information content (AvgIpc) is 2.66. The van der Waals surface area contributed by atoms with Crippen molar-refractivity contribution < 1.29 is 23.8 Å². The molecule has 3 rings (SSSR count). The zero-order valence-corrected chi connectivity index (χ0v) is 13.6. The summed E-state index contributed by atoms with van der Waals surface area (Å²) in [6, 6.07) is 19.7. The van der Waals surface area contributed by atoms with Crippen molar-refractivity contribution in [2.45, 2.75) is 0 Å². The molecule has 0 heterocycles. The SMILES string of the molecule is COC(=O)c1cc2ccccc2cc1OC(=O)COc1ccccc1. The highest BCUT2D eigenvalue weighted by Gasteiger charge is 2.17. The molecule has 5 nitrogen and oxygen atoms in total. The summed E-state index contributed by atoms with van der Waals surface area (Å²) in [4.78, 5) is 24.1. The molecule has 0 bridgehead atoms. The van der Waals surface area contributed by atoms with E-state index in [2.05, 4.69) is 0 Å². The molecule has 0 spiro atoms. The molecular weight excluding hydrogens is 320 g/mol. The van der Waals surface area contributed by atoms with Gasteiger partial charge in [-0.05, 0) is 35.0 Å². The van der Waals surface area contributed by atoms with Crippen LogP contribution in [-0.4, -0.2) is 25.7 Å². The van der Waals surface area contributed by atoms with Crippen molar-refractivity contribution >= 4 is 22.7 Å². The summed E-state index contributed by atoms with van der Waals surface area (Å²) in [6.45, 7) is -0.266. The van der Waals surface area contributed by atoms with E-state index < -0.39 is 11.9 Å². The Labute approximate surface area is 144 Å². The standard InChI is InChI=1S/C20H16O5/c1-23-20(22)17-11-14-7-5-6-8-15(14)12-18(17)25-19(21)13-24-16-9-3-2-4-10-16/h2-12H,13H2,1H3. The summed E-state index contributed by atoms with van der Waals surface area (Å²) in [6.07, 6.45) is 0. The lowest BCUT2D eigenvalue weighted by atomic mass is 10.1. The highest BCUT2D eigenvalue weighted by molar-refractivity contribution is 5.99. The number of hydrogen-bond acceptors (Lipinski definition) is 5. The first-order valence-corrected chi connectivity index (χ1v) is 7.67. The molecule has 0 saturated carbocycles. The van der Waals surface area contributed by atoms with E-state index in [4.69, 9.17) is 14.2 Å². The number of benzene rings is 3. The molecule has 0 atom stereocenters. The van der Waals surface area contributed by atoms with Crippen molar-refractivity contribution in [1.29, 1.82) is 0 Å². The molecule has 0 N–H and O–H groups in total. The number of para-hydroxylation sites is 1. The molecule has 3 aromatic rings. The van der Waals surface area contributed by atoms with Crippen molar-refractivity contribution in [3.8, 4) is 11.5 Å². The number of esters is 2. The summed E-state index contributed by atoms with van der Waals surface area (Å²) in [5.41, 5.74) is 0.189. The maximum atomic E-state index is 12.1.